The minimum atomic E-state index is -0.0767. The molecule has 0 unspecified atom stereocenters. The van der Waals surface area contributed by atoms with Gasteiger partial charge in [-0.2, -0.15) is 0 Å². The zero-order valence-electron chi connectivity index (χ0n) is 26.5. The van der Waals surface area contributed by atoms with Gasteiger partial charge in [0.2, 0.25) is 0 Å². The number of para-hydroxylation sites is 1. The van der Waals surface area contributed by atoms with Crippen LogP contribution >= 0.6 is 0 Å². The number of benzene rings is 2. The van der Waals surface area contributed by atoms with Crippen LogP contribution in [0.5, 0.6) is 0 Å². The van der Waals surface area contributed by atoms with E-state index >= 15 is 0 Å². The summed E-state index contributed by atoms with van der Waals surface area (Å²) in [6.45, 7) is 25.1. The largest absolute Gasteiger partial charge is 0.294 e. The molecular weight excluding hydrogens is 496 g/mol. The highest BCUT2D eigenvalue weighted by molar-refractivity contribution is 5.42. The van der Waals surface area contributed by atoms with E-state index in [1.807, 2.05) is 62.4 Å². The topological polar surface area (TPSA) is 75.6 Å². The van der Waals surface area contributed by atoms with Gasteiger partial charge in [0.15, 0.2) is 0 Å². The molecular formula is C34H48N4O2. The number of aromatic amines is 2. The molecule has 6 heteroatoms. The van der Waals surface area contributed by atoms with Crippen molar-refractivity contribution in [2.75, 3.05) is 0 Å². The van der Waals surface area contributed by atoms with Gasteiger partial charge in [0.05, 0.1) is 11.4 Å². The molecule has 0 amide bonds. The molecule has 0 saturated heterocycles. The van der Waals surface area contributed by atoms with Crippen molar-refractivity contribution in [2.45, 2.75) is 106 Å². The molecule has 0 radical (unpaired) electrons. The van der Waals surface area contributed by atoms with Gasteiger partial charge in [-0.15, -0.1) is 0 Å². The highest BCUT2D eigenvalue weighted by Crippen LogP contribution is 2.29. The quantitative estimate of drug-likeness (QED) is 0.275. The van der Waals surface area contributed by atoms with Crippen molar-refractivity contribution in [3.05, 3.63) is 103 Å². The first-order chi connectivity index (χ1) is 18.4. The second-order valence-electron chi connectivity index (χ2n) is 13.5. The average Bonchev–Trinajstić information content (AvgIpc) is 3.38. The van der Waals surface area contributed by atoms with Crippen molar-refractivity contribution in [2.24, 2.45) is 0 Å². The highest BCUT2D eigenvalue weighted by Gasteiger charge is 2.27. The summed E-state index contributed by atoms with van der Waals surface area (Å²) in [5.74, 6) is 0.415. The summed E-state index contributed by atoms with van der Waals surface area (Å²) in [5.41, 5.74) is 7.90. The summed E-state index contributed by atoms with van der Waals surface area (Å²) in [6, 6.07) is 15.9. The highest BCUT2D eigenvalue weighted by atomic mass is 16.1. The summed E-state index contributed by atoms with van der Waals surface area (Å²) >= 11 is 0. The minimum Gasteiger partial charge on any atom is -0.294 e. The fourth-order valence-corrected chi connectivity index (χ4v) is 4.97. The Bertz CT molecular complexity index is 1560. The lowest BCUT2D eigenvalue weighted by Crippen LogP contribution is -2.19. The molecule has 0 atom stereocenters. The number of aryl methyl sites for hydroxylation is 2. The molecule has 40 heavy (non-hydrogen) atoms. The smallest absolute Gasteiger partial charge is 0.274 e. The van der Waals surface area contributed by atoms with Gasteiger partial charge in [-0.1, -0.05) is 105 Å². The molecule has 4 aromatic rings. The molecule has 0 spiro atoms. The zero-order chi connectivity index (χ0) is 30.2. The third-order valence-electron chi connectivity index (χ3n) is 7.16. The second kappa shape index (κ2) is 11.5. The van der Waals surface area contributed by atoms with E-state index in [1.165, 1.54) is 5.56 Å². The first kappa shape index (κ1) is 31.0. The van der Waals surface area contributed by atoms with Crippen molar-refractivity contribution >= 4 is 0 Å². The predicted octanol–water partition coefficient (Wildman–Crippen LogP) is 7.79. The van der Waals surface area contributed by atoms with Crippen LogP contribution in [0.1, 0.15) is 115 Å². The van der Waals surface area contributed by atoms with Crippen LogP contribution in [0.25, 0.3) is 11.4 Å². The van der Waals surface area contributed by atoms with Gasteiger partial charge in [0.25, 0.3) is 11.1 Å². The summed E-state index contributed by atoms with van der Waals surface area (Å²) in [5, 5.41) is 6.64. The Morgan fingerprint density at radius 2 is 1.05 bits per heavy atom. The van der Waals surface area contributed by atoms with E-state index in [-0.39, 0.29) is 33.8 Å². The molecule has 0 aliphatic rings. The summed E-state index contributed by atoms with van der Waals surface area (Å²) < 4.78 is 3.35. The average molecular weight is 545 g/mol. The van der Waals surface area contributed by atoms with Gasteiger partial charge in [-0.25, -0.2) is 9.36 Å². The second-order valence-corrected chi connectivity index (χ2v) is 13.5. The standard InChI is InChI=1S/2C17H24N2O/c1-11(2)14-15(17(4,5)6)18-19(16(14)20)13-9-7-12(3)8-10-13;1-11(2)14-15(17(4,5)6)18-19(16(14)20)13-10-8-7-9-12(13)3/h2*7-11,18H,1-6H3. The number of nitrogens with one attached hydrogen (secondary N) is 2. The molecule has 0 fully saturated rings. The van der Waals surface area contributed by atoms with Crippen molar-refractivity contribution in [1.82, 2.24) is 19.6 Å². The molecule has 2 aromatic carbocycles. The lowest BCUT2D eigenvalue weighted by atomic mass is 9.86. The summed E-state index contributed by atoms with van der Waals surface area (Å²) in [4.78, 5) is 25.5. The molecule has 4 rings (SSSR count). The van der Waals surface area contributed by atoms with Crippen molar-refractivity contribution in [3.8, 4) is 11.4 Å². The molecule has 0 aliphatic carbocycles. The van der Waals surface area contributed by atoms with Crippen molar-refractivity contribution in [1.29, 1.82) is 0 Å². The Kier molecular flexibility index (Phi) is 8.93. The van der Waals surface area contributed by atoms with E-state index < -0.39 is 0 Å². The van der Waals surface area contributed by atoms with Crippen LogP contribution in [-0.4, -0.2) is 19.6 Å². The van der Waals surface area contributed by atoms with Crippen LogP contribution in [0.15, 0.2) is 58.1 Å². The van der Waals surface area contributed by atoms with Crippen LogP contribution in [0.3, 0.4) is 0 Å². The number of H-pyrrole nitrogens is 2. The fraction of sp³-hybridized carbons (Fsp3) is 0.471. The molecule has 0 aliphatic heterocycles. The lowest BCUT2D eigenvalue weighted by Gasteiger charge is -2.19. The van der Waals surface area contributed by atoms with Gasteiger partial charge in [0.1, 0.15) is 0 Å². The van der Waals surface area contributed by atoms with E-state index in [0.29, 0.717) is 0 Å². The Morgan fingerprint density at radius 1 is 0.625 bits per heavy atom. The Balaban J connectivity index is 0.000000220. The van der Waals surface area contributed by atoms with Crippen LogP contribution in [-0.2, 0) is 10.8 Å². The maximum absolute atomic E-state index is 12.8. The number of hydrogen-bond acceptors (Lipinski definition) is 2. The van der Waals surface area contributed by atoms with Crippen LogP contribution in [0, 0.1) is 13.8 Å². The first-order valence-electron chi connectivity index (χ1n) is 14.3. The monoisotopic (exact) mass is 544 g/mol. The molecule has 2 N–H and O–H groups in total. The minimum absolute atomic E-state index is 0.0637. The maximum atomic E-state index is 12.8. The van der Waals surface area contributed by atoms with E-state index in [9.17, 15) is 9.59 Å². The summed E-state index contributed by atoms with van der Waals surface area (Å²) in [6.07, 6.45) is 0. The predicted molar refractivity (Wildman–Crippen MR) is 168 cm³/mol. The number of aromatic nitrogens is 4. The SMILES string of the molecule is Cc1ccc(-n2[nH]c(C(C)(C)C)c(C(C)C)c2=O)cc1.Cc1ccccc1-n1[nH]c(C(C)(C)C)c(C(C)C)c1=O. The Hall–Kier alpha value is -3.54. The fourth-order valence-electron chi connectivity index (χ4n) is 4.97. The molecule has 2 heterocycles. The van der Waals surface area contributed by atoms with Crippen molar-refractivity contribution < 1.29 is 0 Å². The molecule has 2 aromatic heterocycles. The summed E-state index contributed by atoms with van der Waals surface area (Å²) in [7, 11) is 0. The number of nitrogens with zero attached hydrogens (tertiary/aromatic N) is 2. The normalized spacial score (nSPS) is 12.2. The van der Waals surface area contributed by atoms with E-state index in [4.69, 9.17) is 0 Å². The van der Waals surface area contributed by atoms with Crippen LogP contribution in [0.2, 0.25) is 0 Å². The third kappa shape index (κ3) is 6.43. The number of hydrogen-bond donors (Lipinski definition) is 2. The van der Waals surface area contributed by atoms with Gasteiger partial charge >= 0.3 is 0 Å². The van der Waals surface area contributed by atoms with Gasteiger partial charge in [0, 0.05) is 33.3 Å². The Labute approximate surface area is 239 Å². The molecule has 216 valence electrons. The van der Waals surface area contributed by atoms with Gasteiger partial charge in [-0.05, 0) is 49.4 Å². The first-order valence-corrected chi connectivity index (χ1v) is 14.3. The van der Waals surface area contributed by atoms with E-state index in [1.54, 1.807) is 9.36 Å². The number of rotatable bonds is 4. The maximum Gasteiger partial charge on any atom is 0.274 e. The van der Waals surface area contributed by atoms with Gasteiger partial charge < -0.3 is 0 Å². The van der Waals surface area contributed by atoms with Crippen molar-refractivity contribution in [3.63, 3.8) is 0 Å². The molecule has 6 nitrogen and oxygen atoms in total. The zero-order valence-corrected chi connectivity index (χ0v) is 26.5. The van der Waals surface area contributed by atoms with Crippen LogP contribution < -0.4 is 11.1 Å². The molecule has 0 bridgehead atoms. The lowest BCUT2D eigenvalue weighted by molar-refractivity contribution is 0.550. The van der Waals surface area contributed by atoms with E-state index in [0.717, 1.165) is 39.5 Å². The van der Waals surface area contributed by atoms with Gasteiger partial charge in [-0.3, -0.25) is 19.8 Å². The third-order valence-corrected chi connectivity index (χ3v) is 7.16. The molecule has 0 saturated carbocycles. The van der Waals surface area contributed by atoms with Crippen LogP contribution in [0.4, 0.5) is 0 Å². The Morgan fingerprint density at radius 3 is 1.45 bits per heavy atom. The van der Waals surface area contributed by atoms with E-state index in [2.05, 4.69) is 79.4 Å².